The van der Waals surface area contributed by atoms with Crippen LogP contribution in [0.4, 0.5) is 0 Å². The lowest BCUT2D eigenvalue weighted by Crippen LogP contribution is -2.38. The van der Waals surface area contributed by atoms with Crippen LogP contribution >= 0.6 is 15.9 Å². The highest BCUT2D eigenvalue weighted by Crippen LogP contribution is 2.30. The normalized spacial score (nSPS) is 26.0. The van der Waals surface area contributed by atoms with Crippen molar-refractivity contribution in [2.24, 2.45) is 5.92 Å². The van der Waals surface area contributed by atoms with Crippen LogP contribution in [0, 0.1) is 5.92 Å². The summed E-state index contributed by atoms with van der Waals surface area (Å²) in [5.41, 5.74) is 1.36. The number of rotatable bonds is 4. The van der Waals surface area contributed by atoms with Crippen LogP contribution < -0.4 is 5.32 Å². The second-order valence-corrected chi connectivity index (χ2v) is 8.41. The molecule has 0 radical (unpaired) electrons. The van der Waals surface area contributed by atoms with Crippen molar-refractivity contribution in [1.29, 1.82) is 0 Å². The molecule has 0 bridgehead atoms. The molecule has 1 saturated heterocycles. The third-order valence-corrected chi connectivity index (χ3v) is 6.10. The number of nitrogens with one attached hydrogen (secondary N) is 1. The molecule has 1 aliphatic carbocycles. The van der Waals surface area contributed by atoms with E-state index < -0.39 is 0 Å². The van der Waals surface area contributed by atoms with Crippen molar-refractivity contribution in [3.63, 3.8) is 0 Å². The first kappa shape index (κ1) is 18.6. The molecule has 7 heteroatoms. The van der Waals surface area contributed by atoms with E-state index in [4.69, 9.17) is 4.74 Å². The molecule has 144 valence electrons. The van der Waals surface area contributed by atoms with E-state index in [1.54, 1.807) is 0 Å². The number of carbonyl (C=O) groups is 2. The fraction of sp³-hybridized carbons (Fsp3) is 0.550. The van der Waals surface area contributed by atoms with Crippen LogP contribution in [0.25, 0.3) is 10.9 Å². The van der Waals surface area contributed by atoms with Crippen molar-refractivity contribution in [3.05, 3.63) is 28.4 Å². The Bertz CT molecular complexity index is 836. The summed E-state index contributed by atoms with van der Waals surface area (Å²) in [6.45, 7) is 0.726. The highest BCUT2D eigenvalue weighted by molar-refractivity contribution is 9.10. The summed E-state index contributed by atoms with van der Waals surface area (Å²) < 4.78 is 8.67. The molecule has 1 N–H and O–H groups in total. The molecule has 1 amide bonds. The number of carbonyl (C=O) groups excluding carboxylic acids is 2. The first-order valence-corrected chi connectivity index (χ1v) is 10.5. The average molecular weight is 434 g/mol. The average Bonchev–Trinajstić information content (AvgIpc) is 3.08. The Morgan fingerprint density at radius 3 is 2.74 bits per heavy atom. The molecule has 1 aromatic carbocycles. The molecule has 27 heavy (non-hydrogen) atoms. The topological polar surface area (TPSA) is 73.2 Å². The van der Waals surface area contributed by atoms with Gasteiger partial charge in [-0.25, -0.2) is 4.68 Å². The standard InChI is InChI=1S/C20H24BrN3O3/c21-14-6-9-17-16(11-14)19(23-24(17)18-3-1-2-10-27-18)20(26)22-15-7-4-13(12-25)5-8-15/h6,9,11-13,15,18H,1-5,7-8,10H2,(H,22,26). The lowest BCUT2D eigenvalue weighted by Gasteiger charge is -2.26. The number of benzene rings is 1. The maximum absolute atomic E-state index is 13.0. The Morgan fingerprint density at radius 2 is 2.04 bits per heavy atom. The van der Waals surface area contributed by atoms with Gasteiger partial charge in [0, 0.05) is 28.4 Å². The van der Waals surface area contributed by atoms with Gasteiger partial charge in [0.1, 0.15) is 6.29 Å². The quantitative estimate of drug-likeness (QED) is 0.739. The predicted octanol–water partition coefficient (Wildman–Crippen LogP) is 3.99. The molecular weight excluding hydrogens is 410 g/mol. The fourth-order valence-electron chi connectivity index (χ4n) is 4.07. The SMILES string of the molecule is O=CC1CCC(NC(=O)c2nn(C3CCCCO3)c3ccc(Br)cc23)CC1. The van der Waals surface area contributed by atoms with Crippen LogP contribution in [-0.4, -0.2) is 34.6 Å². The van der Waals surface area contributed by atoms with Gasteiger partial charge < -0.3 is 14.8 Å². The zero-order valence-corrected chi connectivity index (χ0v) is 16.8. The molecule has 1 aliphatic heterocycles. The van der Waals surface area contributed by atoms with Crippen LogP contribution in [0.3, 0.4) is 0 Å². The molecule has 2 heterocycles. The molecule has 0 spiro atoms. The Hall–Kier alpha value is -1.73. The summed E-state index contributed by atoms with van der Waals surface area (Å²) >= 11 is 3.50. The highest BCUT2D eigenvalue weighted by Gasteiger charge is 2.27. The van der Waals surface area contributed by atoms with Gasteiger partial charge in [-0.15, -0.1) is 0 Å². The predicted molar refractivity (Wildman–Crippen MR) is 106 cm³/mol. The number of hydrogen-bond donors (Lipinski definition) is 1. The first-order chi connectivity index (χ1) is 13.2. The maximum Gasteiger partial charge on any atom is 0.272 e. The second-order valence-electron chi connectivity index (χ2n) is 7.50. The fourth-order valence-corrected chi connectivity index (χ4v) is 4.43. The lowest BCUT2D eigenvalue weighted by atomic mass is 9.87. The summed E-state index contributed by atoms with van der Waals surface area (Å²) in [4.78, 5) is 23.9. The van der Waals surface area contributed by atoms with E-state index in [1.165, 1.54) is 0 Å². The van der Waals surface area contributed by atoms with E-state index in [0.29, 0.717) is 5.69 Å². The van der Waals surface area contributed by atoms with Crippen molar-refractivity contribution in [1.82, 2.24) is 15.1 Å². The third-order valence-electron chi connectivity index (χ3n) is 5.61. The monoisotopic (exact) mass is 433 g/mol. The van der Waals surface area contributed by atoms with Crippen LogP contribution in [0.5, 0.6) is 0 Å². The first-order valence-electron chi connectivity index (χ1n) is 9.71. The minimum Gasteiger partial charge on any atom is -0.356 e. The summed E-state index contributed by atoms with van der Waals surface area (Å²) in [5, 5.41) is 8.61. The zero-order chi connectivity index (χ0) is 18.8. The Kier molecular flexibility index (Phi) is 5.59. The maximum atomic E-state index is 13.0. The van der Waals surface area contributed by atoms with Gasteiger partial charge in [0.2, 0.25) is 0 Å². The minimum absolute atomic E-state index is 0.104. The summed E-state index contributed by atoms with van der Waals surface area (Å²) in [7, 11) is 0. The van der Waals surface area contributed by atoms with Crippen molar-refractivity contribution in [3.8, 4) is 0 Å². The molecule has 2 aliphatic rings. The number of ether oxygens (including phenoxy) is 1. The molecule has 1 saturated carbocycles. The molecule has 1 atom stereocenters. The number of fused-ring (bicyclic) bond motifs is 1. The van der Waals surface area contributed by atoms with Gasteiger partial charge in [-0.1, -0.05) is 15.9 Å². The number of hydrogen-bond acceptors (Lipinski definition) is 4. The minimum atomic E-state index is -0.151. The van der Waals surface area contributed by atoms with Gasteiger partial charge in [0.25, 0.3) is 5.91 Å². The smallest absolute Gasteiger partial charge is 0.272 e. The van der Waals surface area contributed by atoms with Crippen LogP contribution in [0.15, 0.2) is 22.7 Å². The van der Waals surface area contributed by atoms with Gasteiger partial charge in [-0.2, -0.15) is 5.10 Å². The van der Waals surface area contributed by atoms with Crippen LogP contribution in [-0.2, 0) is 9.53 Å². The van der Waals surface area contributed by atoms with E-state index in [0.717, 1.165) is 73.2 Å². The molecular formula is C20H24BrN3O3. The molecule has 1 aromatic heterocycles. The molecule has 2 aromatic rings. The Morgan fingerprint density at radius 1 is 1.22 bits per heavy atom. The lowest BCUT2D eigenvalue weighted by molar-refractivity contribution is -0.111. The Balaban J connectivity index is 1.59. The van der Waals surface area contributed by atoms with E-state index in [-0.39, 0.29) is 24.1 Å². The van der Waals surface area contributed by atoms with Crippen LogP contribution in [0.2, 0.25) is 0 Å². The van der Waals surface area contributed by atoms with Crippen LogP contribution in [0.1, 0.15) is 61.7 Å². The molecule has 4 rings (SSSR count). The summed E-state index contributed by atoms with van der Waals surface area (Å²) in [6, 6.07) is 5.99. The summed E-state index contributed by atoms with van der Waals surface area (Å²) in [6.07, 6.45) is 7.34. The number of nitrogens with zero attached hydrogens (tertiary/aromatic N) is 2. The van der Waals surface area contributed by atoms with Crippen molar-refractivity contribution in [2.75, 3.05) is 6.61 Å². The van der Waals surface area contributed by atoms with Gasteiger partial charge in [0.15, 0.2) is 11.9 Å². The number of halogens is 1. The van der Waals surface area contributed by atoms with E-state index in [1.807, 2.05) is 22.9 Å². The van der Waals surface area contributed by atoms with Crippen molar-refractivity contribution in [2.45, 2.75) is 57.2 Å². The van der Waals surface area contributed by atoms with Crippen molar-refractivity contribution < 1.29 is 14.3 Å². The summed E-state index contributed by atoms with van der Waals surface area (Å²) in [5.74, 6) is -0.0141. The van der Waals surface area contributed by atoms with E-state index in [2.05, 4.69) is 26.3 Å². The molecule has 2 fully saturated rings. The third kappa shape index (κ3) is 3.94. The zero-order valence-electron chi connectivity index (χ0n) is 15.2. The molecule has 1 unspecified atom stereocenters. The van der Waals surface area contributed by atoms with E-state index in [9.17, 15) is 9.59 Å². The van der Waals surface area contributed by atoms with Gasteiger partial charge in [-0.05, 0) is 63.1 Å². The Labute approximate surface area is 166 Å². The van der Waals surface area contributed by atoms with Crippen molar-refractivity contribution >= 4 is 39.0 Å². The van der Waals surface area contributed by atoms with E-state index >= 15 is 0 Å². The second kappa shape index (κ2) is 8.10. The highest BCUT2D eigenvalue weighted by atomic mass is 79.9. The largest absolute Gasteiger partial charge is 0.356 e. The molecule has 6 nitrogen and oxygen atoms in total. The number of aromatic nitrogens is 2. The van der Waals surface area contributed by atoms with Gasteiger partial charge in [0.05, 0.1) is 5.52 Å². The number of aldehydes is 1. The van der Waals surface area contributed by atoms with Gasteiger partial charge in [-0.3, -0.25) is 4.79 Å². The number of amides is 1. The van der Waals surface area contributed by atoms with Gasteiger partial charge >= 0.3 is 0 Å².